The number of unbranched alkanes of at least 4 members (excludes halogenated alkanes) is 1. The highest BCUT2D eigenvalue weighted by Gasteiger charge is 2.16. The van der Waals surface area contributed by atoms with Crippen LogP contribution in [0.25, 0.3) is 0 Å². The molecule has 0 aliphatic heterocycles. The van der Waals surface area contributed by atoms with E-state index >= 15 is 0 Å². The molecule has 0 saturated heterocycles. The number of Topliss-reactive ketones (excluding diaryl/α,β-unsaturated/α-hetero) is 3. The van der Waals surface area contributed by atoms with Crippen LogP contribution in [0.3, 0.4) is 0 Å². The Morgan fingerprint density at radius 3 is 1.41 bits per heavy atom. The molecule has 8 heteroatoms. The van der Waals surface area contributed by atoms with Crippen molar-refractivity contribution < 1.29 is 24.3 Å². The quantitative estimate of drug-likeness (QED) is 0.441. The van der Waals surface area contributed by atoms with Crippen LogP contribution < -0.4 is 5.32 Å². The molecule has 0 bridgehead atoms. The maximum atomic E-state index is 11.7. The molecule has 1 amide bonds. The van der Waals surface area contributed by atoms with Gasteiger partial charge in [-0.05, 0) is 20.8 Å². The third-order valence-electron chi connectivity index (χ3n) is 3.37. The van der Waals surface area contributed by atoms with Crippen LogP contribution in [0.5, 0.6) is 0 Å². The van der Waals surface area contributed by atoms with Gasteiger partial charge < -0.3 is 10.4 Å². The minimum Gasteiger partial charge on any atom is -0.395 e. The molecular weight excluding hydrogens is 350 g/mol. The van der Waals surface area contributed by atoms with E-state index in [9.17, 15) is 19.2 Å². The molecule has 0 heterocycles. The second-order valence-electron chi connectivity index (χ2n) is 6.60. The highest BCUT2D eigenvalue weighted by atomic mass is 16.3. The Morgan fingerprint density at radius 1 is 0.741 bits per heavy atom. The number of nitrogens with one attached hydrogen (secondary N) is 1. The molecule has 2 N–H and O–H groups in total. The lowest BCUT2D eigenvalue weighted by Crippen LogP contribution is -2.45. The first kappa shape index (κ1) is 27.6. The number of aliphatic hydroxyl groups is 1. The van der Waals surface area contributed by atoms with E-state index in [0.29, 0.717) is 13.1 Å². The first-order valence-corrected chi connectivity index (χ1v) is 9.46. The minimum atomic E-state index is -0.287. The summed E-state index contributed by atoms with van der Waals surface area (Å²) in [5.41, 5.74) is 0. The fraction of sp³-hybridized carbons (Fsp3) is 0.789. The highest BCUT2D eigenvalue weighted by Crippen LogP contribution is 1.95. The molecule has 0 rings (SSSR count). The van der Waals surface area contributed by atoms with Crippen LogP contribution in [0.1, 0.15) is 47.5 Å². The molecule has 0 atom stereocenters. The standard InChI is InChI=1S/C15H27N3O5.C4H10/c1-12(20)8-17(9-13(2)21)5-6-18(10-14(3)22)11-15(23)16-4-7-19;1-3-4-2/h19H,4-11H2,1-3H3,(H,16,23);3-4H2,1-2H3. The summed E-state index contributed by atoms with van der Waals surface area (Å²) in [5, 5.41) is 11.2. The number of hydrogen-bond acceptors (Lipinski definition) is 7. The number of carbonyl (C=O) groups excluding carboxylic acids is 4. The van der Waals surface area contributed by atoms with Crippen molar-refractivity contribution in [2.45, 2.75) is 47.5 Å². The Morgan fingerprint density at radius 2 is 1.11 bits per heavy atom. The molecular formula is C19H37N3O5. The average Bonchev–Trinajstić information content (AvgIpc) is 2.56. The molecule has 0 aromatic carbocycles. The summed E-state index contributed by atoms with van der Waals surface area (Å²) < 4.78 is 0. The number of hydrogen-bond donors (Lipinski definition) is 2. The zero-order chi connectivity index (χ0) is 21.2. The zero-order valence-electron chi connectivity index (χ0n) is 17.5. The lowest BCUT2D eigenvalue weighted by molar-refractivity contribution is -0.125. The predicted molar refractivity (Wildman–Crippen MR) is 106 cm³/mol. The Balaban J connectivity index is 0. The van der Waals surface area contributed by atoms with Gasteiger partial charge in [-0.25, -0.2) is 0 Å². The second-order valence-corrected chi connectivity index (χ2v) is 6.60. The Kier molecular flexibility index (Phi) is 18.1. The summed E-state index contributed by atoms with van der Waals surface area (Å²) in [6, 6.07) is 0. The number of carbonyl (C=O) groups is 4. The Bertz CT molecular complexity index is 437. The predicted octanol–water partition coefficient (Wildman–Crippen LogP) is 0.272. The van der Waals surface area contributed by atoms with E-state index in [0.717, 1.165) is 0 Å². The SMILES string of the molecule is CC(=O)CN(CCN(CC(C)=O)CC(=O)NCCO)CC(C)=O.CCCC. The van der Waals surface area contributed by atoms with E-state index in [-0.39, 0.29) is 62.6 Å². The molecule has 0 spiro atoms. The molecule has 27 heavy (non-hydrogen) atoms. The second kappa shape index (κ2) is 17.8. The number of nitrogens with zero attached hydrogens (tertiary/aromatic N) is 2. The molecule has 0 aromatic rings. The fourth-order valence-corrected chi connectivity index (χ4v) is 2.11. The molecule has 158 valence electrons. The van der Waals surface area contributed by atoms with Gasteiger partial charge in [0.05, 0.1) is 32.8 Å². The first-order valence-electron chi connectivity index (χ1n) is 9.46. The minimum absolute atomic E-state index is 0.0214. The van der Waals surface area contributed by atoms with Crippen LogP contribution in [-0.2, 0) is 19.2 Å². The molecule has 8 nitrogen and oxygen atoms in total. The van der Waals surface area contributed by atoms with Gasteiger partial charge in [0.2, 0.25) is 5.91 Å². The molecule has 0 unspecified atom stereocenters. The average molecular weight is 388 g/mol. The number of ketones is 3. The number of amides is 1. The van der Waals surface area contributed by atoms with E-state index in [2.05, 4.69) is 19.2 Å². The van der Waals surface area contributed by atoms with Crippen LogP contribution in [0, 0.1) is 0 Å². The van der Waals surface area contributed by atoms with Crippen LogP contribution in [0.4, 0.5) is 0 Å². The van der Waals surface area contributed by atoms with Gasteiger partial charge in [0.1, 0.15) is 17.3 Å². The third kappa shape index (κ3) is 20.5. The van der Waals surface area contributed by atoms with Crippen molar-refractivity contribution in [3.63, 3.8) is 0 Å². The summed E-state index contributed by atoms with van der Waals surface area (Å²) >= 11 is 0. The summed E-state index contributed by atoms with van der Waals surface area (Å²) in [7, 11) is 0. The van der Waals surface area contributed by atoms with Gasteiger partial charge >= 0.3 is 0 Å². The molecule has 0 fully saturated rings. The zero-order valence-corrected chi connectivity index (χ0v) is 17.5. The van der Waals surface area contributed by atoms with Crippen molar-refractivity contribution in [3.05, 3.63) is 0 Å². The van der Waals surface area contributed by atoms with E-state index in [1.807, 2.05) is 0 Å². The first-order chi connectivity index (χ1) is 12.7. The largest absolute Gasteiger partial charge is 0.395 e. The fourth-order valence-electron chi connectivity index (χ4n) is 2.11. The molecule has 0 aromatic heterocycles. The summed E-state index contributed by atoms with van der Waals surface area (Å²) in [5.74, 6) is -0.468. The van der Waals surface area contributed by atoms with E-state index in [4.69, 9.17) is 5.11 Å². The van der Waals surface area contributed by atoms with E-state index < -0.39 is 0 Å². The monoisotopic (exact) mass is 387 g/mol. The van der Waals surface area contributed by atoms with Gasteiger partial charge in [-0.2, -0.15) is 0 Å². The van der Waals surface area contributed by atoms with E-state index in [1.54, 1.807) is 9.80 Å². The van der Waals surface area contributed by atoms with Crippen LogP contribution in [0.15, 0.2) is 0 Å². The van der Waals surface area contributed by atoms with Crippen molar-refractivity contribution in [1.29, 1.82) is 0 Å². The molecule has 0 aliphatic carbocycles. The lowest BCUT2D eigenvalue weighted by Gasteiger charge is -2.25. The van der Waals surface area contributed by atoms with E-state index in [1.165, 1.54) is 33.6 Å². The maximum Gasteiger partial charge on any atom is 0.234 e. The van der Waals surface area contributed by atoms with Crippen molar-refractivity contribution >= 4 is 23.3 Å². The van der Waals surface area contributed by atoms with Crippen LogP contribution >= 0.6 is 0 Å². The summed E-state index contributed by atoms with van der Waals surface area (Å²) in [4.78, 5) is 48.9. The lowest BCUT2D eigenvalue weighted by atomic mass is 10.3. The van der Waals surface area contributed by atoms with Crippen molar-refractivity contribution in [2.75, 3.05) is 52.4 Å². The number of rotatable bonds is 14. The summed E-state index contributed by atoms with van der Waals surface area (Å²) in [6.07, 6.45) is 2.64. The Labute approximate surface area is 163 Å². The van der Waals surface area contributed by atoms with Crippen LogP contribution in [-0.4, -0.2) is 90.6 Å². The highest BCUT2D eigenvalue weighted by molar-refractivity contribution is 5.81. The molecule has 0 radical (unpaired) electrons. The van der Waals surface area contributed by atoms with Crippen LogP contribution in [0.2, 0.25) is 0 Å². The summed E-state index contributed by atoms with van der Waals surface area (Å²) in [6.45, 7) is 9.93. The molecule has 0 saturated carbocycles. The maximum absolute atomic E-state index is 11.7. The van der Waals surface area contributed by atoms with Crippen molar-refractivity contribution in [2.24, 2.45) is 0 Å². The van der Waals surface area contributed by atoms with Crippen molar-refractivity contribution in [3.8, 4) is 0 Å². The van der Waals surface area contributed by atoms with Gasteiger partial charge in [0.15, 0.2) is 0 Å². The normalized spacial score (nSPS) is 10.4. The van der Waals surface area contributed by atoms with Gasteiger partial charge in [0.25, 0.3) is 0 Å². The van der Waals surface area contributed by atoms with Gasteiger partial charge in [0, 0.05) is 19.6 Å². The third-order valence-corrected chi connectivity index (χ3v) is 3.37. The Hall–Kier alpha value is -1.64. The van der Waals surface area contributed by atoms with Crippen molar-refractivity contribution in [1.82, 2.24) is 15.1 Å². The van der Waals surface area contributed by atoms with Gasteiger partial charge in [-0.3, -0.25) is 29.0 Å². The van der Waals surface area contributed by atoms with Gasteiger partial charge in [-0.1, -0.05) is 26.7 Å². The molecule has 0 aliphatic rings. The van der Waals surface area contributed by atoms with Gasteiger partial charge in [-0.15, -0.1) is 0 Å². The number of aliphatic hydroxyl groups excluding tert-OH is 1. The smallest absolute Gasteiger partial charge is 0.234 e. The topological polar surface area (TPSA) is 107 Å².